The number of carbonyl (C=O) groups excluding carboxylic acids is 3. The fourth-order valence-electron chi connectivity index (χ4n) is 2.71. The van der Waals surface area contributed by atoms with Gasteiger partial charge in [-0.1, -0.05) is 26.8 Å². The second-order valence-corrected chi connectivity index (χ2v) is 8.36. The molecule has 176 valence electrons. The first-order valence-electron chi connectivity index (χ1n) is 10.8. The average molecular weight is 471 g/mol. The number of hydrogen-bond donors (Lipinski definition) is 4. The number of nitrogens with one attached hydrogen (secondary N) is 4. The first-order chi connectivity index (χ1) is 15.7. The zero-order valence-corrected chi connectivity index (χ0v) is 20.0. The molecule has 0 saturated carbocycles. The van der Waals surface area contributed by atoms with Crippen LogP contribution in [0.15, 0.2) is 48.5 Å². The molecule has 0 fully saturated rings. The van der Waals surface area contributed by atoms with Gasteiger partial charge in [-0.3, -0.25) is 30.6 Å². The van der Waals surface area contributed by atoms with Crippen molar-refractivity contribution in [3.63, 3.8) is 0 Å². The third-order valence-electron chi connectivity index (χ3n) is 4.55. The lowest BCUT2D eigenvalue weighted by Crippen LogP contribution is -2.48. The molecule has 0 spiro atoms. The van der Waals surface area contributed by atoms with Crippen molar-refractivity contribution in [1.29, 1.82) is 0 Å². The van der Waals surface area contributed by atoms with Crippen LogP contribution in [0.5, 0.6) is 5.75 Å². The van der Waals surface area contributed by atoms with Crippen LogP contribution in [0.3, 0.4) is 0 Å². The van der Waals surface area contributed by atoms with E-state index in [1.807, 2.05) is 27.7 Å². The maximum absolute atomic E-state index is 12.4. The Morgan fingerprint density at radius 1 is 0.939 bits per heavy atom. The van der Waals surface area contributed by atoms with Gasteiger partial charge in [0.1, 0.15) is 5.75 Å². The summed E-state index contributed by atoms with van der Waals surface area (Å²) < 4.78 is 5.72. The highest BCUT2D eigenvalue weighted by Crippen LogP contribution is 2.16. The first kappa shape index (κ1) is 25.8. The van der Waals surface area contributed by atoms with Gasteiger partial charge < -0.3 is 10.1 Å². The number of hydrogen-bond acceptors (Lipinski definition) is 5. The van der Waals surface area contributed by atoms with Gasteiger partial charge in [-0.2, -0.15) is 0 Å². The van der Waals surface area contributed by atoms with Crippen LogP contribution in [0.1, 0.15) is 61.3 Å². The molecule has 0 aliphatic carbocycles. The molecule has 0 radical (unpaired) electrons. The molecule has 0 aromatic heterocycles. The summed E-state index contributed by atoms with van der Waals surface area (Å²) in [5.74, 6) is -0.115. The van der Waals surface area contributed by atoms with Crippen LogP contribution in [0.25, 0.3) is 0 Å². The van der Waals surface area contributed by atoms with Crippen molar-refractivity contribution in [3.05, 3.63) is 59.7 Å². The number of hydrazine groups is 1. The number of rotatable bonds is 8. The lowest BCUT2D eigenvalue weighted by Gasteiger charge is -2.14. The number of anilines is 1. The molecule has 2 aromatic carbocycles. The van der Waals surface area contributed by atoms with E-state index in [2.05, 4.69) is 21.5 Å². The molecule has 0 heterocycles. The average Bonchev–Trinajstić information content (AvgIpc) is 2.77. The summed E-state index contributed by atoms with van der Waals surface area (Å²) in [5.41, 5.74) is 6.27. The van der Waals surface area contributed by atoms with Gasteiger partial charge in [-0.25, -0.2) is 0 Å². The van der Waals surface area contributed by atoms with Gasteiger partial charge in [-0.05, 0) is 73.9 Å². The number of benzene rings is 2. The van der Waals surface area contributed by atoms with E-state index in [0.29, 0.717) is 29.0 Å². The Labute approximate surface area is 199 Å². The minimum atomic E-state index is -0.449. The molecule has 33 heavy (non-hydrogen) atoms. The molecule has 2 rings (SSSR count). The molecule has 1 atom stereocenters. The van der Waals surface area contributed by atoms with Crippen LogP contribution in [-0.4, -0.2) is 28.9 Å². The largest absolute Gasteiger partial charge is 0.491 e. The monoisotopic (exact) mass is 470 g/mol. The minimum Gasteiger partial charge on any atom is -0.491 e. The van der Waals surface area contributed by atoms with E-state index in [0.717, 1.165) is 6.42 Å². The van der Waals surface area contributed by atoms with Crippen LogP contribution in [0.2, 0.25) is 0 Å². The van der Waals surface area contributed by atoms with Crippen molar-refractivity contribution in [2.75, 3.05) is 5.32 Å². The summed E-state index contributed by atoms with van der Waals surface area (Å²) in [6, 6.07) is 13.2. The Hall–Kier alpha value is -3.46. The van der Waals surface area contributed by atoms with Gasteiger partial charge in [0.15, 0.2) is 5.11 Å². The maximum Gasteiger partial charge on any atom is 0.269 e. The first-order valence-corrected chi connectivity index (χ1v) is 11.2. The highest BCUT2D eigenvalue weighted by molar-refractivity contribution is 7.80. The number of amides is 3. The molecule has 8 nitrogen and oxygen atoms in total. The summed E-state index contributed by atoms with van der Waals surface area (Å²) in [6.07, 6.45) is 1.30. The van der Waals surface area contributed by atoms with E-state index in [-0.39, 0.29) is 23.0 Å². The molecular formula is C24H30N4O4S. The fraction of sp³-hybridized carbons (Fsp3) is 0.333. The summed E-state index contributed by atoms with van der Waals surface area (Å²) in [6.45, 7) is 7.89. The van der Waals surface area contributed by atoms with Gasteiger partial charge >= 0.3 is 0 Å². The van der Waals surface area contributed by atoms with Crippen LogP contribution in [-0.2, 0) is 4.79 Å². The number of ether oxygens (including phenoxy) is 1. The van der Waals surface area contributed by atoms with E-state index >= 15 is 0 Å². The third kappa shape index (κ3) is 8.89. The van der Waals surface area contributed by atoms with E-state index < -0.39 is 11.8 Å². The van der Waals surface area contributed by atoms with E-state index in [1.54, 1.807) is 48.5 Å². The Bertz CT molecular complexity index is 992. The molecule has 1 unspecified atom stereocenters. The Kier molecular flexibility index (Phi) is 9.81. The molecule has 0 aliphatic heterocycles. The predicted molar refractivity (Wildman–Crippen MR) is 132 cm³/mol. The topological polar surface area (TPSA) is 109 Å². The predicted octanol–water partition coefficient (Wildman–Crippen LogP) is 3.80. The zero-order chi connectivity index (χ0) is 24.4. The Morgan fingerprint density at radius 3 is 2.27 bits per heavy atom. The van der Waals surface area contributed by atoms with Crippen molar-refractivity contribution in [3.8, 4) is 5.75 Å². The van der Waals surface area contributed by atoms with E-state index in [4.69, 9.17) is 17.0 Å². The quantitative estimate of drug-likeness (QED) is 0.345. The highest BCUT2D eigenvalue weighted by atomic mass is 32.1. The maximum atomic E-state index is 12.4. The lowest BCUT2D eigenvalue weighted by molar-refractivity contribution is -0.116. The zero-order valence-electron chi connectivity index (χ0n) is 19.2. The van der Waals surface area contributed by atoms with Crippen LogP contribution < -0.4 is 26.2 Å². The Balaban J connectivity index is 1.84. The molecular weight excluding hydrogens is 440 g/mol. The van der Waals surface area contributed by atoms with Gasteiger partial charge in [0, 0.05) is 23.2 Å². The summed E-state index contributed by atoms with van der Waals surface area (Å²) >= 11 is 5.09. The fourth-order valence-corrected chi connectivity index (χ4v) is 2.85. The van der Waals surface area contributed by atoms with Gasteiger partial charge in [0.2, 0.25) is 5.91 Å². The molecule has 4 N–H and O–H groups in total. The normalized spacial score (nSPS) is 11.3. The van der Waals surface area contributed by atoms with Crippen molar-refractivity contribution in [2.24, 2.45) is 5.92 Å². The molecule has 0 bridgehead atoms. The molecule has 9 heteroatoms. The molecule has 0 saturated heterocycles. The SMILES string of the molecule is CCC(C)Oc1cccc(C(=O)NC(=S)NNC(=O)c2ccc(NC(=O)CC(C)C)cc2)c1. The summed E-state index contributed by atoms with van der Waals surface area (Å²) in [4.78, 5) is 36.6. The third-order valence-corrected chi connectivity index (χ3v) is 4.75. The second-order valence-electron chi connectivity index (χ2n) is 7.95. The van der Waals surface area contributed by atoms with Crippen LogP contribution >= 0.6 is 12.2 Å². The summed E-state index contributed by atoms with van der Waals surface area (Å²) in [5, 5.41) is 5.23. The molecule has 2 aromatic rings. The lowest BCUT2D eigenvalue weighted by atomic mass is 10.1. The number of carbonyl (C=O) groups is 3. The summed E-state index contributed by atoms with van der Waals surface area (Å²) in [7, 11) is 0. The number of thiocarbonyl (C=S) groups is 1. The van der Waals surface area contributed by atoms with E-state index in [9.17, 15) is 14.4 Å². The van der Waals surface area contributed by atoms with E-state index in [1.165, 1.54) is 0 Å². The van der Waals surface area contributed by atoms with Crippen molar-refractivity contribution >= 4 is 40.7 Å². The highest BCUT2D eigenvalue weighted by Gasteiger charge is 2.12. The molecule has 3 amide bonds. The Morgan fingerprint density at radius 2 is 1.64 bits per heavy atom. The van der Waals surface area contributed by atoms with Gasteiger partial charge in [-0.15, -0.1) is 0 Å². The minimum absolute atomic E-state index is 0.0339. The smallest absolute Gasteiger partial charge is 0.269 e. The van der Waals surface area contributed by atoms with Crippen LogP contribution in [0, 0.1) is 5.92 Å². The van der Waals surface area contributed by atoms with Crippen molar-refractivity contribution < 1.29 is 19.1 Å². The molecule has 0 aliphatic rings. The van der Waals surface area contributed by atoms with Crippen molar-refractivity contribution in [2.45, 2.75) is 46.6 Å². The van der Waals surface area contributed by atoms with Gasteiger partial charge in [0.05, 0.1) is 6.10 Å². The van der Waals surface area contributed by atoms with Crippen LogP contribution in [0.4, 0.5) is 5.69 Å². The second kappa shape index (κ2) is 12.5. The standard InChI is InChI=1S/C24H30N4O4S/c1-5-16(4)32-20-8-6-7-18(14-20)22(30)26-24(33)28-27-23(31)17-9-11-19(12-10-17)25-21(29)13-15(2)3/h6-12,14-16H,5,13H2,1-4H3,(H,25,29)(H,27,31)(H2,26,28,30,33). The van der Waals surface area contributed by atoms with Gasteiger partial charge in [0.25, 0.3) is 11.8 Å². The van der Waals surface area contributed by atoms with Crippen molar-refractivity contribution in [1.82, 2.24) is 16.2 Å².